The number of H-pyrrole nitrogens is 2. The lowest BCUT2D eigenvalue weighted by Gasteiger charge is -2.27. The second-order valence-electron chi connectivity index (χ2n) is 7.86. The van der Waals surface area contributed by atoms with Crippen molar-refractivity contribution in [3.8, 4) is 0 Å². The van der Waals surface area contributed by atoms with Gasteiger partial charge >= 0.3 is 5.69 Å². The summed E-state index contributed by atoms with van der Waals surface area (Å²) in [6.45, 7) is 1.06. The highest BCUT2D eigenvalue weighted by Crippen LogP contribution is 2.49. The molecule has 1 amide bonds. The SMILES string of the molecule is O=C(Cn1cnc2c1CCCC2)N1CCC(C2CC2)C1c1n[nH]c(=O)[nH]1. The highest BCUT2D eigenvalue weighted by Gasteiger charge is 2.46. The van der Waals surface area contributed by atoms with Gasteiger partial charge in [0, 0.05) is 12.2 Å². The summed E-state index contributed by atoms with van der Waals surface area (Å²) < 4.78 is 2.02. The van der Waals surface area contributed by atoms with Crippen molar-refractivity contribution in [2.75, 3.05) is 6.54 Å². The van der Waals surface area contributed by atoms with Crippen molar-refractivity contribution in [3.63, 3.8) is 0 Å². The molecule has 2 fully saturated rings. The van der Waals surface area contributed by atoms with Gasteiger partial charge < -0.3 is 9.47 Å². The van der Waals surface area contributed by atoms with Crippen LogP contribution in [0.5, 0.6) is 0 Å². The van der Waals surface area contributed by atoms with E-state index in [1.807, 2.05) is 15.8 Å². The zero-order valence-electron chi connectivity index (χ0n) is 14.8. The zero-order valence-corrected chi connectivity index (χ0v) is 14.8. The molecule has 1 saturated heterocycles. The van der Waals surface area contributed by atoms with Crippen LogP contribution >= 0.6 is 0 Å². The number of hydrogen-bond acceptors (Lipinski definition) is 4. The molecule has 2 aliphatic carbocycles. The molecule has 2 N–H and O–H groups in total. The highest BCUT2D eigenvalue weighted by molar-refractivity contribution is 5.77. The third-order valence-electron chi connectivity index (χ3n) is 6.21. The molecule has 1 aliphatic heterocycles. The van der Waals surface area contributed by atoms with E-state index >= 15 is 0 Å². The number of amides is 1. The molecule has 2 aromatic heterocycles. The minimum Gasteiger partial charge on any atom is -0.331 e. The molecule has 1 saturated carbocycles. The second-order valence-corrected chi connectivity index (χ2v) is 7.86. The van der Waals surface area contributed by atoms with Gasteiger partial charge in [-0.15, -0.1) is 0 Å². The number of nitrogens with zero attached hydrogens (tertiary/aromatic N) is 4. The molecular weight excluding hydrogens is 332 g/mol. The van der Waals surface area contributed by atoms with Gasteiger partial charge in [-0.2, -0.15) is 5.10 Å². The van der Waals surface area contributed by atoms with Gasteiger partial charge in [0.05, 0.1) is 18.1 Å². The number of carbonyl (C=O) groups excluding carboxylic acids is 1. The molecule has 0 bridgehead atoms. The van der Waals surface area contributed by atoms with E-state index in [2.05, 4.69) is 20.2 Å². The number of aromatic nitrogens is 5. The average Bonchev–Trinajstić information content (AvgIpc) is 3.06. The maximum atomic E-state index is 13.1. The molecule has 5 rings (SSSR count). The summed E-state index contributed by atoms with van der Waals surface area (Å²) in [5, 5.41) is 6.61. The summed E-state index contributed by atoms with van der Waals surface area (Å²) in [6, 6.07) is -0.117. The quantitative estimate of drug-likeness (QED) is 0.859. The normalized spacial score (nSPS) is 25.5. The summed E-state index contributed by atoms with van der Waals surface area (Å²) >= 11 is 0. The Morgan fingerprint density at radius 3 is 2.85 bits per heavy atom. The number of fused-ring (bicyclic) bond motifs is 1. The zero-order chi connectivity index (χ0) is 17.7. The summed E-state index contributed by atoms with van der Waals surface area (Å²) in [5.74, 6) is 1.74. The van der Waals surface area contributed by atoms with Crippen molar-refractivity contribution in [1.82, 2.24) is 29.6 Å². The van der Waals surface area contributed by atoms with Crippen LogP contribution in [0.2, 0.25) is 0 Å². The number of carbonyl (C=O) groups is 1. The maximum absolute atomic E-state index is 13.1. The molecule has 3 aliphatic rings. The number of hydrogen-bond donors (Lipinski definition) is 2. The fraction of sp³-hybridized carbons (Fsp3) is 0.667. The van der Waals surface area contributed by atoms with Gasteiger partial charge in [-0.25, -0.2) is 14.9 Å². The van der Waals surface area contributed by atoms with E-state index < -0.39 is 0 Å². The number of imidazole rings is 1. The van der Waals surface area contributed by atoms with Gasteiger partial charge in [-0.05, 0) is 56.8 Å². The molecule has 8 heteroatoms. The Morgan fingerprint density at radius 2 is 2.08 bits per heavy atom. The number of likely N-dealkylation sites (tertiary alicyclic amines) is 1. The van der Waals surface area contributed by atoms with Gasteiger partial charge in [0.2, 0.25) is 5.91 Å². The Morgan fingerprint density at radius 1 is 1.23 bits per heavy atom. The van der Waals surface area contributed by atoms with Crippen molar-refractivity contribution >= 4 is 5.91 Å². The van der Waals surface area contributed by atoms with E-state index in [4.69, 9.17) is 0 Å². The molecular formula is C18H24N6O2. The Hall–Kier alpha value is -2.38. The Balaban J connectivity index is 1.40. The summed E-state index contributed by atoms with van der Waals surface area (Å²) in [4.78, 5) is 33.9. The van der Waals surface area contributed by atoms with Crippen molar-refractivity contribution in [2.24, 2.45) is 11.8 Å². The van der Waals surface area contributed by atoms with E-state index in [1.165, 1.54) is 25.0 Å². The van der Waals surface area contributed by atoms with Crippen molar-refractivity contribution in [2.45, 2.75) is 57.5 Å². The van der Waals surface area contributed by atoms with E-state index in [0.29, 0.717) is 24.2 Å². The first-order valence-corrected chi connectivity index (χ1v) is 9.67. The molecule has 8 nitrogen and oxygen atoms in total. The van der Waals surface area contributed by atoms with Crippen LogP contribution in [-0.2, 0) is 24.2 Å². The Kier molecular flexibility index (Phi) is 3.72. The minimum atomic E-state index is -0.308. The first kappa shape index (κ1) is 15.8. The van der Waals surface area contributed by atoms with Crippen LogP contribution in [0, 0.1) is 11.8 Å². The van der Waals surface area contributed by atoms with Crippen molar-refractivity contribution < 1.29 is 4.79 Å². The largest absolute Gasteiger partial charge is 0.340 e. The molecule has 0 radical (unpaired) electrons. The number of aryl methyl sites for hydroxylation is 1. The first-order chi connectivity index (χ1) is 12.7. The smallest absolute Gasteiger partial charge is 0.331 e. The van der Waals surface area contributed by atoms with Crippen LogP contribution in [-0.4, -0.2) is 42.1 Å². The molecule has 0 spiro atoms. The third kappa shape index (κ3) is 2.68. The molecule has 26 heavy (non-hydrogen) atoms. The average molecular weight is 356 g/mol. The Labute approximate surface area is 151 Å². The predicted molar refractivity (Wildman–Crippen MR) is 93.4 cm³/mol. The van der Waals surface area contributed by atoms with Gasteiger partial charge in [-0.1, -0.05) is 0 Å². The van der Waals surface area contributed by atoms with E-state index in [-0.39, 0.29) is 17.6 Å². The summed E-state index contributed by atoms with van der Waals surface area (Å²) in [7, 11) is 0. The lowest BCUT2D eigenvalue weighted by molar-refractivity contribution is -0.133. The second kappa shape index (κ2) is 6.10. The molecule has 2 unspecified atom stereocenters. The van der Waals surface area contributed by atoms with Crippen molar-refractivity contribution in [1.29, 1.82) is 0 Å². The number of rotatable bonds is 4. The van der Waals surface area contributed by atoms with E-state index in [9.17, 15) is 9.59 Å². The van der Waals surface area contributed by atoms with Gasteiger partial charge in [0.1, 0.15) is 6.54 Å². The first-order valence-electron chi connectivity index (χ1n) is 9.67. The van der Waals surface area contributed by atoms with Gasteiger partial charge in [0.25, 0.3) is 0 Å². The highest BCUT2D eigenvalue weighted by atomic mass is 16.2. The molecule has 0 aromatic carbocycles. The lowest BCUT2D eigenvalue weighted by Crippen LogP contribution is -2.36. The van der Waals surface area contributed by atoms with Crippen LogP contribution in [0.15, 0.2) is 11.1 Å². The monoisotopic (exact) mass is 356 g/mol. The minimum absolute atomic E-state index is 0.0905. The fourth-order valence-electron chi connectivity index (χ4n) is 4.79. The lowest BCUT2D eigenvalue weighted by atomic mass is 9.94. The maximum Gasteiger partial charge on any atom is 0.340 e. The van der Waals surface area contributed by atoms with Crippen LogP contribution < -0.4 is 5.69 Å². The topological polar surface area (TPSA) is 99.7 Å². The van der Waals surface area contributed by atoms with Crippen LogP contribution in [0.1, 0.15) is 55.4 Å². The third-order valence-corrected chi connectivity index (χ3v) is 6.21. The van der Waals surface area contributed by atoms with Crippen LogP contribution in [0.3, 0.4) is 0 Å². The van der Waals surface area contributed by atoms with Gasteiger partial charge in [-0.3, -0.25) is 9.78 Å². The fourth-order valence-corrected chi connectivity index (χ4v) is 4.79. The molecule has 2 atom stereocenters. The Bertz CT molecular complexity index is 876. The molecule has 2 aromatic rings. The van der Waals surface area contributed by atoms with E-state index in [0.717, 1.165) is 37.9 Å². The molecule has 3 heterocycles. The number of aromatic amines is 2. The van der Waals surface area contributed by atoms with Crippen LogP contribution in [0.4, 0.5) is 0 Å². The molecule has 138 valence electrons. The van der Waals surface area contributed by atoms with Gasteiger partial charge in [0.15, 0.2) is 5.82 Å². The summed E-state index contributed by atoms with van der Waals surface area (Å²) in [6.07, 6.45) is 9.59. The summed E-state index contributed by atoms with van der Waals surface area (Å²) in [5.41, 5.74) is 2.05. The van der Waals surface area contributed by atoms with E-state index in [1.54, 1.807) is 0 Å². The van der Waals surface area contributed by atoms with Crippen molar-refractivity contribution in [3.05, 3.63) is 34.0 Å². The standard InChI is InChI=1S/C18H24N6O2/c25-15(9-23-10-19-13-3-1-2-4-14(13)23)24-8-7-12(11-5-6-11)16(24)17-20-18(26)22-21-17/h10-12,16H,1-9H2,(H2,20,21,22,26). The van der Waals surface area contributed by atoms with Crippen LogP contribution in [0.25, 0.3) is 0 Å². The predicted octanol–water partition coefficient (Wildman–Crippen LogP) is 1.17. The number of nitrogens with one attached hydrogen (secondary N) is 2.